The van der Waals surface area contributed by atoms with Crippen LogP contribution in [0.1, 0.15) is 30.4 Å². The number of nitrogens with zero attached hydrogens (tertiary/aromatic N) is 3. The third-order valence-electron chi connectivity index (χ3n) is 3.93. The summed E-state index contributed by atoms with van der Waals surface area (Å²) >= 11 is 0. The van der Waals surface area contributed by atoms with E-state index >= 15 is 0 Å². The van der Waals surface area contributed by atoms with E-state index in [1.807, 2.05) is 6.92 Å². The average molecular weight is 218 g/mol. The van der Waals surface area contributed by atoms with E-state index in [-0.39, 0.29) is 0 Å². The van der Waals surface area contributed by atoms with E-state index in [4.69, 9.17) is 5.73 Å². The first-order valence-corrected chi connectivity index (χ1v) is 6.07. The standard InChI is InChI=1S/C12H18N4/c1-8-14-15-12(16(8)5-4-13)11-7-9-2-3-10(11)6-9/h2-3,9-11H,4-7,13H2,1H3. The Hall–Kier alpha value is -1.16. The van der Waals surface area contributed by atoms with Crippen LogP contribution in [0.15, 0.2) is 12.2 Å². The van der Waals surface area contributed by atoms with Gasteiger partial charge in [0.1, 0.15) is 11.6 Å². The molecule has 4 heteroatoms. The van der Waals surface area contributed by atoms with Crippen molar-refractivity contribution in [1.29, 1.82) is 0 Å². The summed E-state index contributed by atoms with van der Waals surface area (Å²) in [6, 6.07) is 0. The Bertz CT molecular complexity index is 421. The highest BCUT2D eigenvalue weighted by Crippen LogP contribution is 2.48. The molecule has 86 valence electrons. The van der Waals surface area contributed by atoms with E-state index in [0.717, 1.165) is 24.1 Å². The van der Waals surface area contributed by atoms with Crippen LogP contribution >= 0.6 is 0 Å². The van der Waals surface area contributed by atoms with Crippen molar-refractivity contribution in [1.82, 2.24) is 14.8 Å². The number of nitrogens with two attached hydrogens (primary N) is 1. The second kappa shape index (κ2) is 3.70. The van der Waals surface area contributed by atoms with Gasteiger partial charge in [0.05, 0.1) is 0 Å². The largest absolute Gasteiger partial charge is 0.329 e. The van der Waals surface area contributed by atoms with Crippen LogP contribution in [0, 0.1) is 18.8 Å². The van der Waals surface area contributed by atoms with Gasteiger partial charge >= 0.3 is 0 Å². The number of rotatable bonds is 3. The van der Waals surface area contributed by atoms with Crippen molar-refractivity contribution in [3.8, 4) is 0 Å². The minimum absolute atomic E-state index is 0.572. The first-order chi connectivity index (χ1) is 7.79. The molecule has 2 aliphatic carbocycles. The van der Waals surface area contributed by atoms with E-state index in [1.54, 1.807) is 0 Å². The van der Waals surface area contributed by atoms with Crippen molar-refractivity contribution in [2.75, 3.05) is 6.54 Å². The second-order valence-corrected chi connectivity index (χ2v) is 4.93. The Labute approximate surface area is 95.5 Å². The van der Waals surface area contributed by atoms with E-state index in [1.165, 1.54) is 12.8 Å². The molecule has 2 aliphatic rings. The molecule has 3 rings (SSSR count). The number of allylic oxidation sites excluding steroid dienone is 2. The van der Waals surface area contributed by atoms with Crippen LogP contribution in [0.3, 0.4) is 0 Å². The van der Waals surface area contributed by atoms with Gasteiger partial charge < -0.3 is 10.3 Å². The molecule has 3 atom stereocenters. The maximum absolute atomic E-state index is 5.64. The molecule has 1 saturated carbocycles. The van der Waals surface area contributed by atoms with E-state index in [0.29, 0.717) is 18.4 Å². The summed E-state index contributed by atoms with van der Waals surface area (Å²) < 4.78 is 2.19. The molecule has 1 heterocycles. The predicted octanol–water partition coefficient (Wildman–Crippen LogP) is 1.22. The SMILES string of the molecule is Cc1nnc(C2CC3C=CC2C3)n1CCN. The zero-order valence-corrected chi connectivity index (χ0v) is 9.63. The van der Waals surface area contributed by atoms with Crippen molar-refractivity contribution in [3.05, 3.63) is 23.8 Å². The van der Waals surface area contributed by atoms with Crippen LogP contribution in [-0.2, 0) is 6.54 Å². The highest BCUT2D eigenvalue weighted by atomic mass is 15.3. The molecule has 1 fully saturated rings. The van der Waals surface area contributed by atoms with Gasteiger partial charge in [0.2, 0.25) is 0 Å². The molecule has 0 saturated heterocycles. The molecule has 2 N–H and O–H groups in total. The van der Waals surface area contributed by atoms with Gasteiger partial charge in [0.25, 0.3) is 0 Å². The lowest BCUT2D eigenvalue weighted by atomic mass is 9.93. The van der Waals surface area contributed by atoms with Crippen LogP contribution in [0.4, 0.5) is 0 Å². The summed E-state index contributed by atoms with van der Waals surface area (Å²) in [5.74, 6) is 4.18. The van der Waals surface area contributed by atoms with Gasteiger partial charge in [-0.2, -0.15) is 0 Å². The fraction of sp³-hybridized carbons (Fsp3) is 0.667. The molecule has 4 nitrogen and oxygen atoms in total. The molecule has 0 radical (unpaired) electrons. The van der Waals surface area contributed by atoms with Gasteiger partial charge in [0.15, 0.2) is 0 Å². The van der Waals surface area contributed by atoms with Gasteiger partial charge in [-0.15, -0.1) is 10.2 Å². The molecule has 1 aromatic heterocycles. The normalized spacial score (nSPS) is 31.5. The highest BCUT2D eigenvalue weighted by Gasteiger charge is 2.39. The van der Waals surface area contributed by atoms with Crippen molar-refractivity contribution in [3.63, 3.8) is 0 Å². The maximum atomic E-state index is 5.64. The quantitative estimate of drug-likeness (QED) is 0.776. The van der Waals surface area contributed by atoms with Gasteiger partial charge in [-0.3, -0.25) is 0 Å². The molecule has 0 aliphatic heterocycles. The zero-order valence-electron chi connectivity index (χ0n) is 9.63. The van der Waals surface area contributed by atoms with Crippen LogP contribution < -0.4 is 5.73 Å². The summed E-state index contributed by atoms with van der Waals surface area (Å²) in [7, 11) is 0. The lowest BCUT2D eigenvalue weighted by Crippen LogP contribution is -2.18. The van der Waals surface area contributed by atoms with Crippen molar-refractivity contribution >= 4 is 0 Å². The average Bonchev–Trinajstić information content (AvgIpc) is 2.95. The van der Waals surface area contributed by atoms with Gasteiger partial charge in [-0.05, 0) is 31.6 Å². The van der Waals surface area contributed by atoms with Crippen LogP contribution in [0.25, 0.3) is 0 Å². The van der Waals surface area contributed by atoms with Crippen molar-refractivity contribution in [2.45, 2.75) is 32.2 Å². The molecule has 0 aromatic carbocycles. The van der Waals surface area contributed by atoms with E-state index in [2.05, 4.69) is 26.9 Å². The van der Waals surface area contributed by atoms with Crippen LogP contribution in [0.2, 0.25) is 0 Å². The monoisotopic (exact) mass is 218 g/mol. The fourth-order valence-electron chi connectivity index (χ4n) is 3.15. The number of aryl methyl sites for hydroxylation is 1. The summed E-state index contributed by atoms with van der Waals surface area (Å²) in [5.41, 5.74) is 5.64. The number of hydrogen-bond donors (Lipinski definition) is 1. The minimum atomic E-state index is 0.572. The molecule has 0 spiro atoms. The Morgan fingerprint density at radius 3 is 2.88 bits per heavy atom. The molecule has 1 aromatic rings. The molecular formula is C12H18N4. The molecule has 0 amide bonds. The Kier molecular flexibility index (Phi) is 2.32. The van der Waals surface area contributed by atoms with Crippen molar-refractivity contribution < 1.29 is 0 Å². The lowest BCUT2D eigenvalue weighted by molar-refractivity contribution is 0.510. The minimum Gasteiger partial charge on any atom is -0.329 e. The van der Waals surface area contributed by atoms with Crippen LogP contribution in [0.5, 0.6) is 0 Å². The molecule has 2 bridgehead atoms. The third kappa shape index (κ3) is 1.40. The summed E-state index contributed by atoms with van der Waals surface area (Å²) in [5, 5.41) is 8.56. The maximum Gasteiger partial charge on any atom is 0.136 e. The van der Waals surface area contributed by atoms with Crippen molar-refractivity contribution in [2.24, 2.45) is 17.6 Å². The Morgan fingerprint density at radius 1 is 1.38 bits per heavy atom. The zero-order chi connectivity index (χ0) is 11.1. The smallest absolute Gasteiger partial charge is 0.136 e. The number of fused-ring (bicyclic) bond motifs is 2. The fourth-order valence-corrected chi connectivity index (χ4v) is 3.15. The Balaban J connectivity index is 1.92. The summed E-state index contributed by atoms with van der Waals surface area (Å²) in [6.07, 6.45) is 7.26. The highest BCUT2D eigenvalue weighted by molar-refractivity contribution is 5.19. The second-order valence-electron chi connectivity index (χ2n) is 4.93. The first-order valence-electron chi connectivity index (χ1n) is 6.07. The molecule has 3 unspecified atom stereocenters. The lowest BCUT2D eigenvalue weighted by Gasteiger charge is -2.18. The third-order valence-corrected chi connectivity index (χ3v) is 3.93. The Morgan fingerprint density at radius 2 is 2.25 bits per heavy atom. The van der Waals surface area contributed by atoms with E-state index < -0.39 is 0 Å². The van der Waals surface area contributed by atoms with Gasteiger partial charge in [-0.25, -0.2) is 0 Å². The van der Waals surface area contributed by atoms with Gasteiger partial charge in [-0.1, -0.05) is 12.2 Å². The number of hydrogen-bond acceptors (Lipinski definition) is 3. The van der Waals surface area contributed by atoms with Gasteiger partial charge in [0, 0.05) is 19.0 Å². The van der Waals surface area contributed by atoms with E-state index in [9.17, 15) is 0 Å². The predicted molar refractivity (Wildman–Crippen MR) is 61.9 cm³/mol. The summed E-state index contributed by atoms with van der Waals surface area (Å²) in [6.45, 7) is 3.50. The topological polar surface area (TPSA) is 56.7 Å². The molecule has 16 heavy (non-hydrogen) atoms. The first kappa shape index (κ1) is 10.0. The number of aromatic nitrogens is 3. The van der Waals surface area contributed by atoms with Crippen LogP contribution in [-0.4, -0.2) is 21.3 Å². The summed E-state index contributed by atoms with van der Waals surface area (Å²) in [4.78, 5) is 0. The molecular weight excluding hydrogens is 200 g/mol.